The number of nitrogens with zero attached hydrogens (tertiary/aromatic N) is 1. The molecule has 0 aliphatic carbocycles. The zero-order chi connectivity index (χ0) is 21.3. The van der Waals surface area contributed by atoms with E-state index in [0.717, 1.165) is 34.7 Å². The number of hydrogen-bond acceptors (Lipinski definition) is 5. The Kier molecular flexibility index (Phi) is 8.33. The fourth-order valence-electron chi connectivity index (χ4n) is 2.85. The molecule has 2 aromatic rings. The van der Waals surface area contributed by atoms with Gasteiger partial charge >= 0.3 is 0 Å². The van der Waals surface area contributed by atoms with Crippen molar-refractivity contribution in [1.82, 2.24) is 5.32 Å². The largest absolute Gasteiger partial charge is 0.497 e. The molecule has 2 aromatic carbocycles. The fraction of sp³-hybridized carbons (Fsp3) is 0.381. The van der Waals surface area contributed by atoms with Gasteiger partial charge in [-0.15, -0.1) is 0 Å². The first-order valence-corrected chi connectivity index (χ1v) is 11.3. The average Bonchev–Trinajstić information content (AvgIpc) is 2.70. The third kappa shape index (κ3) is 6.98. The normalized spacial score (nSPS) is 11.0. The minimum Gasteiger partial charge on any atom is -0.497 e. The number of ether oxygens (including phenoxy) is 2. The minimum atomic E-state index is -3.60. The number of rotatable bonds is 11. The Morgan fingerprint density at radius 1 is 1.10 bits per heavy atom. The molecule has 0 bridgehead atoms. The number of para-hydroxylation sites is 1. The maximum Gasteiger partial charge on any atom is 0.240 e. The van der Waals surface area contributed by atoms with Crippen molar-refractivity contribution in [3.05, 3.63) is 54.1 Å². The number of benzene rings is 2. The van der Waals surface area contributed by atoms with E-state index in [2.05, 4.69) is 5.32 Å². The molecule has 7 nitrogen and oxygen atoms in total. The molecule has 0 saturated carbocycles. The van der Waals surface area contributed by atoms with Crippen LogP contribution >= 0.6 is 0 Å². The Morgan fingerprint density at radius 3 is 2.41 bits per heavy atom. The summed E-state index contributed by atoms with van der Waals surface area (Å²) < 4.78 is 36.0. The molecular weight excluding hydrogens is 392 g/mol. The van der Waals surface area contributed by atoms with E-state index >= 15 is 0 Å². The van der Waals surface area contributed by atoms with Gasteiger partial charge in [-0.05, 0) is 55.7 Å². The average molecular weight is 421 g/mol. The van der Waals surface area contributed by atoms with Crippen molar-refractivity contribution < 1.29 is 22.7 Å². The van der Waals surface area contributed by atoms with Crippen LogP contribution in [0.3, 0.4) is 0 Å². The van der Waals surface area contributed by atoms with Crippen LogP contribution < -0.4 is 19.1 Å². The highest BCUT2D eigenvalue weighted by Crippen LogP contribution is 2.21. The Hall–Kier alpha value is -2.74. The van der Waals surface area contributed by atoms with Gasteiger partial charge < -0.3 is 14.8 Å². The Bertz CT molecular complexity index is 898. The lowest BCUT2D eigenvalue weighted by atomic mass is 10.1. The SMILES string of the molecule is CCOc1ccccc1CCCNC(=O)CN(c1ccc(OC)cc1)S(C)(=O)=O. The van der Waals surface area contributed by atoms with Crippen LogP contribution in [0.2, 0.25) is 0 Å². The summed E-state index contributed by atoms with van der Waals surface area (Å²) in [7, 11) is -2.07. The van der Waals surface area contributed by atoms with Crippen molar-refractivity contribution >= 4 is 21.6 Å². The van der Waals surface area contributed by atoms with Gasteiger partial charge in [0, 0.05) is 6.54 Å². The van der Waals surface area contributed by atoms with Crippen LogP contribution in [0, 0.1) is 0 Å². The van der Waals surface area contributed by atoms with E-state index in [1.54, 1.807) is 24.3 Å². The van der Waals surface area contributed by atoms with Gasteiger partial charge in [0.1, 0.15) is 18.0 Å². The molecule has 8 heteroatoms. The van der Waals surface area contributed by atoms with Crippen molar-refractivity contribution in [3.63, 3.8) is 0 Å². The summed E-state index contributed by atoms with van der Waals surface area (Å²) in [5.74, 6) is 1.10. The molecule has 158 valence electrons. The highest BCUT2D eigenvalue weighted by atomic mass is 32.2. The van der Waals surface area contributed by atoms with Crippen molar-refractivity contribution in [2.24, 2.45) is 0 Å². The Balaban J connectivity index is 1.90. The second kappa shape index (κ2) is 10.7. The van der Waals surface area contributed by atoms with Gasteiger partial charge in [-0.1, -0.05) is 18.2 Å². The number of carbonyl (C=O) groups excluding carboxylic acids is 1. The van der Waals surface area contributed by atoms with Crippen molar-refractivity contribution in [3.8, 4) is 11.5 Å². The monoisotopic (exact) mass is 420 g/mol. The first-order chi connectivity index (χ1) is 13.8. The third-order valence-corrected chi connectivity index (χ3v) is 5.41. The zero-order valence-electron chi connectivity index (χ0n) is 17.1. The molecule has 2 rings (SSSR count). The maximum atomic E-state index is 12.3. The molecule has 0 spiro atoms. The van der Waals surface area contributed by atoms with Crippen LogP contribution in [0.15, 0.2) is 48.5 Å². The first kappa shape index (κ1) is 22.5. The van der Waals surface area contributed by atoms with Crippen LogP contribution in [0.4, 0.5) is 5.69 Å². The molecule has 0 aliphatic heterocycles. The molecular formula is C21H28N2O5S. The van der Waals surface area contributed by atoms with Gasteiger partial charge in [0.05, 0.1) is 25.7 Å². The molecule has 0 unspecified atom stereocenters. The van der Waals surface area contributed by atoms with Crippen LogP contribution in [-0.2, 0) is 21.2 Å². The lowest BCUT2D eigenvalue weighted by molar-refractivity contribution is -0.119. The van der Waals surface area contributed by atoms with E-state index in [9.17, 15) is 13.2 Å². The molecule has 29 heavy (non-hydrogen) atoms. The highest BCUT2D eigenvalue weighted by molar-refractivity contribution is 7.92. The molecule has 0 radical (unpaired) electrons. The van der Waals surface area contributed by atoms with E-state index in [4.69, 9.17) is 9.47 Å². The number of methoxy groups -OCH3 is 1. The van der Waals surface area contributed by atoms with E-state index < -0.39 is 10.0 Å². The maximum absolute atomic E-state index is 12.3. The Morgan fingerprint density at radius 2 is 1.79 bits per heavy atom. The van der Waals surface area contributed by atoms with Gasteiger partial charge in [-0.2, -0.15) is 0 Å². The van der Waals surface area contributed by atoms with Gasteiger partial charge in [-0.25, -0.2) is 8.42 Å². The Labute approximate surface area is 172 Å². The van der Waals surface area contributed by atoms with E-state index in [0.29, 0.717) is 24.6 Å². The number of nitrogens with one attached hydrogen (secondary N) is 1. The number of hydrogen-bond donors (Lipinski definition) is 1. The number of anilines is 1. The quantitative estimate of drug-likeness (QED) is 0.565. The molecule has 0 saturated heterocycles. The predicted octanol–water partition coefficient (Wildman–Crippen LogP) is 2.61. The van der Waals surface area contributed by atoms with Crippen LogP contribution in [0.25, 0.3) is 0 Å². The van der Waals surface area contributed by atoms with Gasteiger partial charge in [0.15, 0.2) is 0 Å². The van der Waals surface area contributed by atoms with Crippen LogP contribution in [0.5, 0.6) is 11.5 Å². The third-order valence-electron chi connectivity index (χ3n) is 4.27. The molecule has 1 amide bonds. The molecule has 0 fully saturated rings. The molecule has 1 N–H and O–H groups in total. The summed E-state index contributed by atoms with van der Waals surface area (Å²) in [4.78, 5) is 12.3. The summed E-state index contributed by atoms with van der Waals surface area (Å²) in [5.41, 5.74) is 1.49. The highest BCUT2D eigenvalue weighted by Gasteiger charge is 2.20. The summed E-state index contributed by atoms with van der Waals surface area (Å²) in [6.45, 7) is 2.70. The molecule has 0 aromatic heterocycles. The van der Waals surface area contributed by atoms with Crippen LogP contribution in [-0.4, -0.2) is 47.4 Å². The van der Waals surface area contributed by atoms with Crippen molar-refractivity contribution in [2.45, 2.75) is 19.8 Å². The molecule has 0 atom stereocenters. The summed E-state index contributed by atoms with van der Waals surface area (Å²) in [6.07, 6.45) is 2.55. The topological polar surface area (TPSA) is 84.9 Å². The second-order valence-electron chi connectivity index (χ2n) is 6.46. The standard InChI is InChI=1S/C21H28N2O5S/c1-4-28-20-10-6-5-8-17(20)9-7-15-22-21(24)16-23(29(3,25)26)18-11-13-19(27-2)14-12-18/h5-6,8,10-14H,4,7,9,15-16H2,1-3H3,(H,22,24). The summed E-state index contributed by atoms with van der Waals surface area (Å²) in [6, 6.07) is 14.3. The molecule has 0 heterocycles. The van der Waals surface area contributed by atoms with E-state index in [1.165, 1.54) is 7.11 Å². The van der Waals surface area contributed by atoms with Gasteiger partial charge in [-0.3, -0.25) is 9.10 Å². The molecule has 0 aliphatic rings. The minimum absolute atomic E-state index is 0.277. The predicted molar refractivity (Wildman–Crippen MR) is 114 cm³/mol. The number of aryl methyl sites for hydroxylation is 1. The second-order valence-corrected chi connectivity index (χ2v) is 8.37. The van der Waals surface area contributed by atoms with Gasteiger partial charge in [0.2, 0.25) is 15.9 Å². The lowest BCUT2D eigenvalue weighted by Gasteiger charge is -2.22. The smallest absolute Gasteiger partial charge is 0.240 e. The van der Waals surface area contributed by atoms with Crippen molar-refractivity contribution in [1.29, 1.82) is 0 Å². The van der Waals surface area contributed by atoms with E-state index in [1.807, 2.05) is 31.2 Å². The van der Waals surface area contributed by atoms with Gasteiger partial charge in [0.25, 0.3) is 0 Å². The summed E-state index contributed by atoms with van der Waals surface area (Å²) in [5, 5.41) is 2.79. The fourth-order valence-corrected chi connectivity index (χ4v) is 3.70. The zero-order valence-corrected chi connectivity index (χ0v) is 17.9. The lowest BCUT2D eigenvalue weighted by Crippen LogP contribution is -2.40. The van der Waals surface area contributed by atoms with E-state index in [-0.39, 0.29) is 12.5 Å². The number of sulfonamides is 1. The summed E-state index contributed by atoms with van der Waals surface area (Å²) >= 11 is 0. The first-order valence-electron chi connectivity index (χ1n) is 9.44. The number of amides is 1. The number of carbonyl (C=O) groups is 1. The van der Waals surface area contributed by atoms with Crippen molar-refractivity contribution in [2.75, 3.05) is 37.4 Å². The van der Waals surface area contributed by atoms with Crippen LogP contribution in [0.1, 0.15) is 18.9 Å².